The highest BCUT2D eigenvalue weighted by molar-refractivity contribution is 5.54. The molecule has 0 unspecified atom stereocenters. The lowest BCUT2D eigenvalue weighted by Gasteiger charge is -2.23. The number of benzene rings is 2. The summed E-state index contributed by atoms with van der Waals surface area (Å²) in [5, 5.41) is 30.4. The van der Waals surface area contributed by atoms with Crippen LogP contribution in [0.2, 0.25) is 0 Å². The molecule has 8 nitrogen and oxygen atoms in total. The Morgan fingerprint density at radius 2 is 1.30 bits per heavy atom. The van der Waals surface area contributed by atoms with Crippen LogP contribution in [0.25, 0.3) is 0 Å². The first-order chi connectivity index (χ1) is 14.5. The number of phenols is 2. The second-order valence-corrected chi connectivity index (χ2v) is 7.19. The van der Waals surface area contributed by atoms with E-state index in [2.05, 4.69) is 0 Å². The zero-order valence-corrected chi connectivity index (χ0v) is 17.5. The van der Waals surface area contributed by atoms with Gasteiger partial charge >= 0.3 is 0 Å². The van der Waals surface area contributed by atoms with Gasteiger partial charge in [-0.3, -0.25) is 0 Å². The second kappa shape index (κ2) is 9.32. The average Bonchev–Trinajstić information content (AvgIpc) is 3.17. The standard InChI is InChI=1S/C22H28O8/c1-26-16-6-12(7-17(27-2)20(16)24)5-14-11-30-22(15(14)10-23)13-8-18(28-3)21(25)19(9-13)29-4/h6-9,14-15,22-25H,5,10-11H2,1-4H3/t14-,15-,22+/m0/s1. The molecule has 0 saturated carbocycles. The first-order valence-corrected chi connectivity index (χ1v) is 9.58. The van der Waals surface area contributed by atoms with E-state index in [9.17, 15) is 15.3 Å². The highest BCUT2D eigenvalue weighted by Crippen LogP contribution is 2.46. The van der Waals surface area contributed by atoms with E-state index < -0.39 is 0 Å². The van der Waals surface area contributed by atoms with Gasteiger partial charge in [0, 0.05) is 12.5 Å². The minimum absolute atomic E-state index is 0.0183. The van der Waals surface area contributed by atoms with Crippen LogP contribution in [0.4, 0.5) is 0 Å². The Morgan fingerprint density at radius 3 is 1.73 bits per heavy atom. The van der Waals surface area contributed by atoms with E-state index in [0.29, 0.717) is 24.5 Å². The molecule has 1 aliphatic rings. The van der Waals surface area contributed by atoms with Gasteiger partial charge < -0.3 is 39.0 Å². The van der Waals surface area contributed by atoms with Crippen molar-refractivity contribution in [2.24, 2.45) is 11.8 Å². The summed E-state index contributed by atoms with van der Waals surface area (Å²) >= 11 is 0. The fourth-order valence-corrected chi connectivity index (χ4v) is 3.97. The number of hydrogen-bond donors (Lipinski definition) is 3. The number of methoxy groups -OCH3 is 4. The maximum absolute atomic E-state index is 10.2. The van der Waals surface area contributed by atoms with Crippen molar-refractivity contribution in [3.05, 3.63) is 35.4 Å². The van der Waals surface area contributed by atoms with Gasteiger partial charge in [-0.2, -0.15) is 0 Å². The summed E-state index contributed by atoms with van der Waals surface area (Å²) in [6.07, 6.45) is 0.213. The fraction of sp³-hybridized carbons (Fsp3) is 0.455. The van der Waals surface area contributed by atoms with Crippen molar-refractivity contribution in [2.75, 3.05) is 41.7 Å². The van der Waals surface area contributed by atoms with Gasteiger partial charge in [0.15, 0.2) is 23.0 Å². The molecule has 164 valence electrons. The van der Waals surface area contributed by atoms with E-state index in [4.69, 9.17) is 23.7 Å². The van der Waals surface area contributed by atoms with Crippen LogP contribution >= 0.6 is 0 Å². The van der Waals surface area contributed by atoms with Crippen LogP contribution in [0.3, 0.4) is 0 Å². The van der Waals surface area contributed by atoms with Gasteiger partial charge in [-0.05, 0) is 47.7 Å². The Kier molecular flexibility index (Phi) is 6.79. The predicted molar refractivity (Wildman–Crippen MR) is 109 cm³/mol. The number of hydrogen-bond acceptors (Lipinski definition) is 8. The topological polar surface area (TPSA) is 107 Å². The molecule has 2 aromatic rings. The second-order valence-electron chi connectivity index (χ2n) is 7.19. The minimum atomic E-state index is -0.385. The van der Waals surface area contributed by atoms with Crippen molar-refractivity contribution in [3.63, 3.8) is 0 Å². The Labute approximate surface area is 175 Å². The normalized spacial score (nSPS) is 20.8. The van der Waals surface area contributed by atoms with Gasteiger partial charge in [0.1, 0.15) is 0 Å². The third kappa shape index (κ3) is 4.06. The molecule has 8 heteroatoms. The van der Waals surface area contributed by atoms with Crippen LogP contribution in [0.15, 0.2) is 24.3 Å². The highest BCUT2D eigenvalue weighted by atomic mass is 16.5. The van der Waals surface area contributed by atoms with Gasteiger partial charge in [0.25, 0.3) is 0 Å². The molecule has 30 heavy (non-hydrogen) atoms. The molecule has 0 bridgehead atoms. The lowest BCUT2D eigenvalue weighted by atomic mass is 9.84. The molecule has 1 fully saturated rings. The molecule has 3 atom stereocenters. The van der Waals surface area contributed by atoms with Crippen molar-refractivity contribution in [1.29, 1.82) is 0 Å². The Hall–Kier alpha value is -2.84. The lowest BCUT2D eigenvalue weighted by molar-refractivity contribution is 0.0715. The number of phenolic OH excluding ortho intramolecular Hbond substituents is 2. The molecule has 2 aromatic carbocycles. The summed E-state index contributed by atoms with van der Waals surface area (Å²) in [5.74, 6) is 0.914. The molecule has 1 aliphatic heterocycles. The van der Waals surface area contributed by atoms with E-state index in [1.807, 2.05) is 0 Å². The Morgan fingerprint density at radius 1 is 0.833 bits per heavy atom. The number of aromatic hydroxyl groups is 2. The van der Waals surface area contributed by atoms with Gasteiger partial charge in [-0.1, -0.05) is 0 Å². The van der Waals surface area contributed by atoms with E-state index in [1.165, 1.54) is 28.4 Å². The van der Waals surface area contributed by atoms with E-state index in [-0.39, 0.29) is 47.5 Å². The predicted octanol–water partition coefficient (Wildman–Crippen LogP) is 2.67. The largest absolute Gasteiger partial charge is 0.502 e. The summed E-state index contributed by atoms with van der Waals surface area (Å²) in [5.41, 5.74) is 1.65. The van der Waals surface area contributed by atoms with Crippen LogP contribution in [-0.2, 0) is 11.2 Å². The van der Waals surface area contributed by atoms with Crippen LogP contribution in [0.5, 0.6) is 34.5 Å². The van der Waals surface area contributed by atoms with Gasteiger partial charge in [0.2, 0.25) is 11.5 Å². The van der Waals surface area contributed by atoms with E-state index >= 15 is 0 Å². The Bertz CT molecular complexity index is 831. The fourth-order valence-electron chi connectivity index (χ4n) is 3.97. The summed E-state index contributed by atoms with van der Waals surface area (Å²) in [6, 6.07) is 6.90. The maximum Gasteiger partial charge on any atom is 0.200 e. The summed E-state index contributed by atoms with van der Waals surface area (Å²) in [4.78, 5) is 0. The maximum atomic E-state index is 10.2. The van der Waals surface area contributed by atoms with E-state index in [1.54, 1.807) is 24.3 Å². The van der Waals surface area contributed by atoms with Crippen LogP contribution in [0, 0.1) is 11.8 Å². The molecular weight excluding hydrogens is 392 g/mol. The number of aliphatic hydroxyl groups is 1. The molecule has 0 spiro atoms. The third-order valence-corrected chi connectivity index (χ3v) is 5.56. The summed E-state index contributed by atoms with van der Waals surface area (Å²) in [6.45, 7) is 0.361. The first kappa shape index (κ1) is 21.9. The monoisotopic (exact) mass is 420 g/mol. The van der Waals surface area contributed by atoms with Crippen molar-refractivity contribution in [2.45, 2.75) is 12.5 Å². The number of ether oxygens (including phenoxy) is 5. The van der Waals surface area contributed by atoms with Gasteiger partial charge in [0.05, 0.1) is 41.2 Å². The van der Waals surface area contributed by atoms with E-state index in [0.717, 1.165) is 11.1 Å². The van der Waals surface area contributed by atoms with Crippen molar-refractivity contribution in [1.82, 2.24) is 0 Å². The summed E-state index contributed by atoms with van der Waals surface area (Å²) in [7, 11) is 5.89. The number of rotatable bonds is 8. The zero-order valence-electron chi connectivity index (χ0n) is 17.5. The van der Waals surface area contributed by atoms with Crippen molar-refractivity contribution >= 4 is 0 Å². The van der Waals surface area contributed by atoms with Crippen molar-refractivity contribution < 1.29 is 39.0 Å². The highest BCUT2D eigenvalue weighted by Gasteiger charge is 2.38. The lowest BCUT2D eigenvalue weighted by Crippen LogP contribution is -2.21. The van der Waals surface area contributed by atoms with Crippen LogP contribution < -0.4 is 18.9 Å². The van der Waals surface area contributed by atoms with Crippen LogP contribution in [-0.4, -0.2) is 57.0 Å². The van der Waals surface area contributed by atoms with Crippen molar-refractivity contribution in [3.8, 4) is 34.5 Å². The average molecular weight is 420 g/mol. The molecule has 0 aliphatic carbocycles. The Balaban J connectivity index is 1.88. The van der Waals surface area contributed by atoms with Crippen LogP contribution in [0.1, 0.15) is 17.2 Å². The number of aliphatic hydroxyl groups excluding tert-OH is 1. The quantitative estimate of drug-likeness (QED) is 0.598. The first-order valence-electron chi connectivity index (χ1n) is 9.58. The van der Waals surface area contributed by atoms with Gasteiger partial charge in [-0.25, -0.2) is 0 Å². The smallest absolute Gasteiger partial charge is 0.200 e. The molecule has 1 saturated heterocycles. The molecule has 3 rings (SSSR count). The molecule has 0 radical (unpaired) electrons. The molecule has 0 amide bonds. The van der Waals surface area contributed by atoms with Gasteiger partial charge in [-0.15, -0.1) is 0 Å². The molecule has 1 heterocycles. The third-order valence-electron chi connectivity index (χ3n) is 5.56. The SMILES string of the molecule is COc1cc(C[C@H]2CO[C@H](c3cc(OC)c(O)c(OC)c3)[C@H]2CO)cc(OC)c1O. The molecule has 0 aromatic heterocycles. The zero-order chi connectivity index (χ0) is 21.8. The minimum Gasteiger partial charge on any atom is -0.502 e. The summed E-state index contributed by atoms with van der Waals surface area (Å²) < 4.78 is 27.0. The molecular formula is C22H28O8. The molecule has 3 N–H and O–H groups in total.